The van der Waals surface area contributed by atoms with Gasteiger partial charge in [-0.3, -0.25) is 20.2 Å². The quantitative estimate of drug-likeness (QED) is 0.0325. The Hall–Kier alpha value is -14.0. The van der Waals surface area contributed by atoms with Crippen LogP contribution in [-0.2, 0) is 0 Å². The first-order chi connectivity index (χ1) is 50.4. The van der Waals surface area contributed by atoms with Gasteiger partial charge in [0.05, 0.1) is 49.9 Å². The Labute approximate surface area is 617 Å². The molecule has 0 spiro atoms. The van der Waals surface area contributed by atoms with E-state index < -0.39 is 27.0 Å². The van der Waals surface area contributed by atoms with Crippen LogP contribution in [0.4, 0.5) is 11.4 Å². The van der Waals surface area contributed by atoms with Gasteiger partial charge in [0, 0.05) is 55.1 Å². The Morgan fingerprint density at radius 3 is 1.21 bits per heavy atom. The lowest BCUT2D eigenvalue weighted by Gasteiger charge is -2.08. The van der Waals surface area contributed by atoms with Crippen LogP contribution in [0.25, 0.3) is 98.5 Å². The highest BCUT2D eigenvalue weighted by molar-refractivity contribution is 9.11. The first-order valence-corrected chi connectivity index (χ1v) is 32.8. The molecule has 35 heteroatoms. The minimum atomic E-state index is -0.706. The molecule has 18 N–H and O–H groups in total. The summed E-state index contributed by atoms with van der Waals surface area (Å²) in [5.74, 6) is -4.08. The van der Waals surface area contributed by atoms with Gasteiger partial charge < -0.3 is 101 Å². The van der Waals surface area contributed by atoms with Gasteiger partial charge in [0.25, 0.3) is 11.4 Å². The molecule has 538 valence electrons. The standard InChI is InChI=1S/C18H13NO6.C15H10BrNO5.C15H10BrNO4S.C14H9N3O6S.C9H7NO3/c20-15-5-2-11(8-17(15)22)10-1-4-13(14(7-10)19(24)25)12-3-6-16(21)18(23)9-12;16-9-5-13(21)12(20)4-8(9)15-17-6-14(22-15)7-1-2-10(18)11(19)3-7;16-9-5-13(21)12(20)4-8(9)14-6-17-15(22-14)7-1-2-10(18)11(19)3-7;18-9-2-1-6(3-10(9)19)13-15-16-14(24-13)7-4-11(20)12(21)5-8(7)17(22)23;11-7-2-1-6(3-8(7)12)9-4-10-5-13-9/h1-9,20-23H;2*1-6,18-21H;1-5,18-21H;1-5,11-12H. The second-order valence-corrected chi connectivity index (χ2v) is 25.5. The van der Waals surface area contributed by atoms with E-state index >= 15 is 0 Å². The summed E-state index contributed by atoms with van der Waals surface area (Å²) in [5, 5.41) is 201. The molecule has 14 rings (SSSR count). The molecule has 0 bridgehead atoms. The third-order valence-electron chi connectivity index (χ3n) is 14.8. The largest absolute Gasteiger partial charge is 0.504 e. The predicted octanol–water partition coefficient (Wildman–Crippen LogP) is 15.8. The second kappa shape index (κ2) is 31.9. The Kier molecular flexibility index (Phi) is 22.5. The average molecular weight is 1610 g/mol. The van der Waals surface area contributed by atoms with Crippen LogP contribution in [0.15, 0.2) is 207 Å². The molecule has 106 heavy (non-hydrogen) atoms. The fourth-order valence-corrected chi connectivity index (χ4v) is 12.4. The summed E-state index contributed by atoms with van der Waals surface area (Å²) in [6.45, 7) is 0. The van der Waals surface area contributed by atoms with Crippen LogP contribution in [0, 0.1) is 20.2 Å². The molecular formula is C71H49Br2N7O24S2. The van der Waals surface area contributed by atoms with Crippen LogP contribution in [0.1, 0.15) is 0 Å². The molecule has 0 amide bonds. The second-order valence-electron chi connectivity index (χ2n) is 21.8. The number of nitrogens with zero attached hydrogens (tertiary/aromatic N) is 7. The minimum Gasteiger partial charge on any atom is -0.504 e. The zero-order chi connectivity index (χ0) is 76.5. The van der Waals surface area contributed by atoms with Gasteiger partial charge in [-0.15, -0.1) is 21.5 Å². The lowest BCUT2D eigenvalue weighted by Crippen LogP contribution is -1.93. The maximum absolute atomic E-state index is 11.5. The van der Waals surface area contributed by atoms with E-state index in [9.17, 15) is 107 Å². The lowest BCUT2D eigenvalue weighted by molar-refractivity contribution is -0.384. The van der Waals surface area contributed by atoms with Crippen molar-refractivity contribution in [3.63, 3.8) is 0 Å². The van der Waals surface area contributed by atoms with Crippen molar-refractivity contribution in [2.45, 2.75) is 0 Å². The normalized spacial score (nSPS) is 10.6. The third-order valence-corrected chi connectivity index (χ3v) is 18.2. The number of nitro groups is 2. The molecule has 31 nitrogen and oxygen atoms in total. The Bertz CT molecular complexity index is 5500. The van der Waals surface area contributed by atoms with E-state index in [0.717, 1.165) is 28.3 Å². The van der Waals surface area contributed by atoms with E-state index in [1.807, 2.05) is 0 Å². The summed E-state index contributed by atoms with van der Waals surface area (Å²) >= 11 is 8.94. The van der Waals surface area contributed by atoms with Crippen molar-refractivity contribution >= 4 is 65.9 Å². The van der Waals surface area contributed by atoms with Crippen LogP contribution in [0.3, 0.4) is 0 Å². The van der Waals surface area contributed by atoms with Crippen molar-refractivity contribution < 1.29 is 111 Å². The highest BCUT2D eigenvalue weighted by atomic mass is 79.9. The molecule has 0 unspecified atom stereocenters. The van der Waals surface area contributed by atoms with Crippen LogP contribution in [-0.4, -0.2) is 127 Å². The number of aromatic hydroxyl groups is 18. The number of nitro benzene ring substituents is 2. The minimum absolute atomic E-state index is 0.00190. The van der Waals surface area contributed by atoms with E-state index in [-0.39, 0.29) is 120 Å². The smallest absolute Gasteiger partial charge is 0.283 e. The van der Waals surface area contributed by atoms with E-state index in [4.69, 9.17) is 13.9 Å². The number of phenolic OH excluding ortho intramolecular Hbond substituents is 18. The molecule has 0 aliphatic rings. The third kappa shape index (κ3) is 17.3. The van der Waals surface area contributed by atoms with Crippen molar-refractivity contribution in [1.29, 1.82) is 0 Å². The van der Waals surface area contributed by atoms with Gasteiger partial charge >= 0.3 is 0 Å². The number of halogens is 2. The van der Waals surface area contributed by atoms with Crippen LogP contribution >= 0.6 is 54.5 Å². The van der Waals surface area contributed by atoms with Gasteiger partial charge in [0.2, 0.25) is 5.89 Å². The number of benzene rings is 10. The summed E-state index contributed by atoms with van der Waals surface area (Å²) in [7, 11) is 0. The first-order valence-electron chi connectivity index (χ1n) is 29.6. The molecule has 4 aromatic heterocycles. The molecule has 14 aromatic rings. The van der Waals surface area contributed by atoms with Crippen LogP contribution in [0.2, 0.25) is 0 Å². The molecule has 0 aliphatic heterocycles. The molecule has 0 fully saturated rings. The summed E-state index contributed by atoms with van der Waals surface area (Å²) in [6, 6.07) is 37.2. The fourth-order valence-electron chi connectivity index (χ4n) is 9.38. The van der Waals surface area contributed by atoms with Gasteiger partial charge in [0.15, 0.2) is 126 Å². The number of hydrogen-bond acceptors (Lipinski definition) is 31. The topological polar surface area (TPSA) is 541 Å². The van der Waals surface area contributed by atoms with E-state index in [1.165, 1.54) is 158 Å². The van der Waals surface area contributed by atoms with E-state index in [0.29, 0.717) is 80.6 Å². The first kappa shape index (κ1) is 74.7. The van der Waals surface area contributed by atoms with Crippen LogP contribution < -0.4 is 0 Å². The molecule has 0 aliphatic carbocycles. The summed E-state index contributed by atoms with van der Waals surface area (Å²) < 4.78 is 11.7. The molecule has 0 atom stereocenters. The van der Waals surface area contributed by atoms with Crippen molar-refractivity contribution in [3.05, 3.63) is 218 Å². The zero-order valence-electron chi connectivity index (χ0n) is 53.1. The highest BCUT2D eigenvalue weighted by Crippen LogP contribution is 2.46. The van der Waals surface area contributed by atoms with Gasteiger partial charge in [-0.25, -0.2) is 15.0 Å². The maximum Gasteiger partial charge on any atom is 0.283 e. The number of phenols is 18. The van der Waals surface area contributed by atoms with Crippen molar-refractivity contribution in [3.8, 4) is 202 Å². The molecular weight excluding hydrogens is 1560 g/mol. The van der Waals surface area contributed by atoms with Gasteiger partial charge in [0.1, 0.15) is 10.0 Å². The van der Waals surface area contributed by atoms with Crippen molar-refractivity contribution in [1.82, 2.24) is 25.1 Å². The Morgan fingerprint density at radius 2 is 0.698 bits per heavy atom. The van der Waals surface area contributed by atoms with E-state index in [1.54, 1.807) is 30.5 Å². The number of aromatic nitrogens is 5. The summed E-state index contributed by atoms with van der Waals surface area (Å²) in [6.07, 6.45) is 5.93. The van der Waals surface area contributed by atoms with Crippen molar-refractivity contribution in [2.75, 3.05) is 0 Å². The number of thiazole rings is 1. The molecule has 0 saturated carbocycles. The number of oxazole rings is 2. The molecule has 0 saturated heterocycles. The average Bonchev–Trinajstić information content (AvgIpc) is 1.79. The SMILES string of the molecule is O=[N+]([O-])c1cc(-c2ccc(O)c(O)c2)ccc1-c1ccc(O)c(O)c1.O=[N+]([O-])c1cc(O)c(O)cc1-c1nnc(-c2ccc(O)c(O)c2)s1.Oc1ccc(-c2cnc(-c3cc(O)c(O)cc3Br)o2)cc1O.Oc1ccc(-c2cnco2)cc1O.Oc1ccc(-c2ncc(-c3cc(O)c(O)cc3Br)s2)cc1O. The number of rotatable bonds is 11. The highest BCUT2D eigenvalue weighted by Gasteiger charge is 2.25. The van der Waals surface area contributed by atoms with Crippen LogP contribution in [0.5, 0.6) is 103 Å². The summed E-state index contributed by atoms with van der Waals surface area (Å²) in [5.41, 5.74) is 4.50. The fraction of sp³-hybridized carbons (Fsp3) is 0. The lowest BCUT2D eigenvalue weighted by atomic mass is 9.98. The number of hydrogen-bond donors (Lipinski definition) is 18. The molecule has 4 heterocycles. The van der Waals surface area contributed by atoms with Gasteiger partial charge in [-0.2, -0.15) is 0 Å². The predicted molar refractivity (Wildman–Crippen MR) is 389 cm³/mol. The Morgan fingerprint density at radius 1 is 0.321 bits per heavy atom. The van der Waals surface area contributed by atoms with E-state index in [2.05, 4.69) is 57.0 Å². The summed E-state index contributed by atoms with van der Waals surface area (Å²) in [4.78, 5) is 34.2. The monoisotopic (exact) mass is 1610 g/mol. The molecule has 0 radical (unpaired) electrons. The maximum atomic E-state index is 11.5. The zero-order valence-corrected chi connectivity index (χ0v) is 57.9. The van der Waals surface area contributed by atoms with Gasteiger partial charge in [-0.1, -0.05) is 29.5 Å². The van der Waals surface area contributed by atoms with Crippen molar-refractivity contribution in [2.24, 2.45) is 0 Å². The Balaban J connectivity index is 0.000000143. The molecule has 10 aromatic carbocycles. The van der Waals surface area contributed by atoms with Gasteiger partial charge in [-0.05, 0) is 176 Å².